The Labute approximate surface area is 167 Å². The van der Waals surface area contributed by atoms with E-state index >= 15 is 0 Å². The van der Waals surface area contributed by atoms with Crippen LogP contribution in [0.25, 0.3) is 0 Å². The smallest absolute Gasteiger partial charge is 0.243 e. The molecule has 6 heteroatoms. The second kappa shape index (κ2) is 6.84. The van der Waals surface area contributed by atoms with Gasteiger partial charge in [-0.05, 0) is 87.7 Å². The Morgan fingerprint density at radius 1 is 1.00 bits per heavy atom. The van der Waals surface area contributed by atoms with E-state index in [0.29, 0.717) is 24.8 Å². The highest BCUT2D eigenvalue weighted by Gasteiger charge is 2.49. The molecule has 5 aliphatic rings. The Bertz CT molecular complexity index is 836. The summed E-state index contributed by atoms with van der Waals surface area (Å²) in [6, 6.07) is 6.61. The van der Waals surface area contributed by atoms with Crippen molar-refractivity contribution in [3.05, 3.63) is 29.8 Å². The molecule has 0 radical (unpaired) electrons. The topological polar surface area (TPSA) is 66.5 Å². The molecular weight excluding hydrogens is 372 g/mol. The van der Waals surface area contributed by atoms with Gasteiger partial charge in [0, 0.05) is 12.6 Å². The molecule has 28 heavy (non-hydrogen) atoms. The number of nitrogens with one attached hydrogen (secondary N) is 1. The summed E-state index contributed by atoms with van der Waals surface area (Å²) in [5, 5.41) is 3.32. The van der Waals surface area contributed by atoms with Crippen LogP contribution in [-0.2, 0) is 14.8 Å². The Hall–Kier alpha value is -1.40. The minimum absolute atomic E-state index is 0.0781. The second-order valence-corrected chi connectivity index (χ2v) is 11.4. The van der Waals surface area contributed by atoms with Crippen LogP contribution in [0.15, 0.2) is 29.2 Å². The van der Waals surface area contributed by atoms with Crippen LogP contribution in [0, 0.1) is 30.6 Å². The number of carbonyl (C=O) groups excluding carboxylic acids is 1. The second-order valence-electron chi connectivity index (χ2n) is 9.55. The largest absolute Gasteiger partial charge is 0.351 e. The first kappa shape index (κ1) is 18.6. The zero-order chi connectivity index (χ0) is 19.5. The maximum atomic E-state index is 13.2. The minimum Gasteiger partial charge on any atom is -0.351 e. The van der Waals surface area contributed by atoms with Crippen molar-refractivity contribution in [1.29, 1.82) is 0 Å². The first-order valence-corrected chi connectivity index (χ1v) is 12.2. The third-order valence-electron chi connectivity index (χ3n) is 7.67. The zero-order valence-electron chi connectivity index (χ0n) is 16.5. The SMILES string of the molecule is Cc1ccc(S(=O)(=O)N2CCCC2C(=O)NC2C3CC4CC(C3)CC2C4)cc1. The molecule has 1 heterocycles. The fraction of sp³-hybridized carbons (Fsp3) is 0.682. The molecule has 1 unspecified atom stereocenters. The molecule has 4 aliphatic carbocycles. The van der Waals surface area contributed by atoms with E-state index in [4.69, 9.17) is 0 Å². The van der Waals surface area contributed by atoms with Crippen molar-refractivity contribution in [2.24, 2.45) is 23.7 Å². The Morgan fingerprint density at radius 2 is 1.61 bits per heavy atom. The molecule has 6 rings (SSSR count). The number of hydrogen-bond donors (Lipinski definition) is 1. The molecule has 0 aromatic heterocycles. The van der Waals surface area contributed by atoms with Gasteiger partial charge in [0.05, 0.1) is 4.90 Å². The summed E-state index contributed by atoms with van der Waals surface area (Å²) in [5.41, 5.74) is 1.02. The highest BCUT2D eigenvalue weighted by Crippen LogP contribution is 2.53. The van der Waals surface area contributed by atoms with E-state index in [1.165, 1.54) is 36.4 Å². The van der Waals surface area contributed by atoms with E-state index in [9.17, 15) is 13.2 Å². The van der Waals surface area contributed by atoms with Crippen LogP contribution in [0.5, 0.6) is 0 Å². The Kier molecular flexibility index (Phi) is 4.55. The number of hydrogen-bond acceptors (Lipinski definition) is 3. The third-order valence-corrected chi connectivity index (χ3v) is 9.59. The molecule has 1 aliphatic heterocycles. The summed E-state index contributed by atoms with van der Waals surface area (Å²) in [4.78, 5) is 13.4. The maximum absolute atomic E-state index is 13.2. The number of carbonyl (C=O) groups is 1. The molecular formula is C22H30N2O3S. The molecule has 4 saturated carbocycles. The Morgan fingerprint density at radius 3 is 2.21 bits per heavy atom. The predicted molar refractivity (Wildman–Crippen MR) is 107 cm³/mol. The average molecular weight is 403 g/mol. The number of nitrogens with zero attached hydrogens (tertiary/aromatic N) is 1. The number of sulfonamides is 1. The average Bonchev–Trinajstić information content (AvgIpc) is 3.15. The van der Waals surface area contributed by atoms with Gasteiger partial charge in [-0.2, -0.15) is 4.31 Å². The van der Waals surface area contributed by atoms with E-state index in [1.807, 2.05) is 19.1 Å². The minimum atomic E-state index is -3.64. The monoisotopic (exact) mass is 402 g/mol. The van der Waals surface area contributed by atoms with Crippen LogP contribution < -0.4 is 5.32 Å². The molecule has 4 bridgehead atoms. The highest BCUT2D eigenvalue weighted by molar-refractivity contribution is 7.89. The van der Waals surface area contributed by atoms with Gasteiger partial charge in [-0.1, -0.05) is 17.7 Å². The first-order chi connectivity index (χ1) is 13.4. The van der Waals surface area contributed by atoms with E-state index in [-0.39, 0.29) is 16.8 Å². The lowest BCUT2D eigenvalue weighted by molar-refractivity contribution is -0.128. The molecule has 1 atom stereocenters. The van der Waals surface area contributed by atoms with Crippen molar-refractivity contribution in [3.63, 3.8) is 0 Å². The van der Waals surface area contributed by atoms with Gasteiger partial charge in [-0.3, -0.25) is 4.79 Å². The zero-order valence-corrected chi connectivity index (χ0v) is 17.3. The molecule has 0 spiro atoms. The molecule has 1 amide bonds. The van der Waals surface area contributed by atoms with Gasteiger partial charge in [0.25, 0.3) is 0 Å². The molecule has 1 aromatic carbocycles. The van der Waals surface area contributed by atoms with Gasteiger partial charge in [0.2, 0.25) is 15.9 Å². The number of benzene rings is 1. The van der Waals surface area contributed by atoms with E-state index in [0.717, 1.165) is 23.8 Å². The van der Waals surface area contributed by atoms with E-state index in [1.54, 1.807) is 12.1 Å². The fourth-order valence-electron chi connectivity index (χ4n) is 6.56. The normalized spacial score (nSPS) is 37.3. The van der Waals surface area contributed by atoms with Crippen LogP contribution in [0.1, 0.15) is 50.5 Å². The van der Waals surface area contributed by atoms with Gasteiger partial charge in [-0.25, -0.2) is 8.42 Å². The standard InChI is InChI=1S/C22H30N2O3S/c1-14-4-6-19(7-5-14)28(26,27)24-8-2-3-20(24)22(25)23-21-17-10-15-9-16(12-17)13-18(21)11-15/h4-7,15-18,20-21H,2-3,8-13H2,1H3,(H,23,25). The van der Waals surface area contributed by atoms with Crippen molar-refractivity contribution in [2.45, 2.75) is 68.8 Å². The van der Waals surface area contributed by atoms with Gasteiger partial charge in [0.1, 0.15) is 6.04 Å². The van der Waals surface area contributed by atoms with Gasteiger partial charge >= 0.3 is 0 Å². The maximum Gasteiger partial charge on any atom is 0.243 e. The van der Waals surface area contributed by atoms with Crippen LogP contribution in [0.3, 0.4) is 0 Å². The molecule has 152 valence electrons. The van der Waals surface area contributed by atoms with Crippen molar-refractivity contribution in [3.8, 4) is 0 Å². The van der Waals surface area contributed by atoms with Gasteiger partial charge in [0.15, 0.2) is 0 Å². The van der Waals surface area contributed by atoms with Crippen LogP contribution >= 0.6 is 0 Å². The van der Waals surface area contributed by atoms with Crippen molar-refractivity contribution >= 4 is 15.9 Å². The molecule has 1 aromatic rings. The summed E-state index contributed by atoms with van der Waals surface area (Å²) in [5.74, 6) is 2.85. The van der Waals surface area contributed by atoms with Crippen LogP contribution in [0.4, 0.5) is 0 Å². The lowest BCUT2D eigenvalue weighted by atomic mass is 9.54. The van der Waals surface area contributed by atoms with Gasteiger partial charge in [-0.15, -0.1) is 0 Å². The summed E-state index contributed by atoms with van der Waals surface area (Å²) in [6.07, 6.45) is 7.72. The summed E-state index contributed by atoms with van der Waals surface area (Å²) < 4.78 is 27.7. The lowest BCUT2D eigenvalue weighted by Crippen LogP contribution is -2.58. The summed E-state index contributed by atoms with van der Waals surface area (Å²) in [7, 11) is -3.64. The summed E-state index contributed by atoms with van der Waals surface area (Å²) in [6.45, 7) is 2.36. The molecule has 1 N–H and O–H groups in total. The van der Waals surface area contributed by atoms with Gasteiger partial charge < -0.3 is 5.32 Å². The number of rotatable bonds is 4. The van der Waals surface area contributed by atoms with Crippen molar-refractivity contribution in [1.82, 2.24) is 9.62 Å². The Balaban J connectivity index is 1.32. The van der Waals surface area contributed by atoms with E-state index in [2.05, 4.69) is 5.32 Å². The van der Waals surface area contributed by atoms with Crippen molar-refractivity contribution in [2.75, 3.05) is 6.54 Å². The molecule has 5 fully saturated rings. The third kappa shape index (κ3) is 3.09. The lowest BCUT2D eigenvalue weighted by Gasteiger charge is -2.54. The number of aryl methyl sites for hydroxylation is 1. The van der Waals surface area contributed by atoms with Crippen molar-refractivity contribution < 1.29 is 13.2 Å². The molecule has 1 saturated heterocycles. The quantitative estimate of drug-likeness (QED) is 0.842. The molecule has 5 nitrogen and oxygen atoms in total. The van der Waals surface area contributed by atoms with E-state index < -0.39 is 16.1 Å². The number of amides is 1. The van der Waals surface area contributed by atoms with Crippen LogP contribution in [0.2, 0.25) is 0 Å². The fourth-order valence-corrected chi connectivity index (χ4v) is 8.21. The summed E-state index contributed by atoms with van der Waals surface area (Å²) >= 11 is 0. The first-order valence-electron chi connectivity index (χ1n) is 10.8. The predicted octanol–water partition coefficient (Wildman–Crippen LogP) is 3.09. The highest BCUT2D eigenvalue weighted by atomic mass is 32.2. The van der Waals surface area contributed by atoms with Crippen LogP contribution in [-0.4, -0.2) is 37.3 Å².